The largest absolute Gasteiger partial charge is 0.353 e. The normalized spacial score (nSPS) is 12.3. The Bertz CT molecular complexity index is 534. The molecule has 2 N–H and O–H groups in total. The van der Waals surface area contributed by atoms with Gasteiger partial charge in [-0.05, 0) is 38.9 Å². The van der Waals surface area contributed by atoms with Crippen molar-refractivity contribution in [3.05, 3.63) is 34.9 Å². The highest BCUT2D eigenvalue weighted by molar-refractivity contribution is 6.31. The standard InChI is InChI=1S/C17H26ClN3O2/c1-5-21(10-16(22)19-12(2)3)11-17(23)20-13(4)14-8-6-7-9-15(14)18/h6-9,12-13H,5,10-11H2,1-4H3,(H,19,22)(H,20,23). The fourth-order valence-electron chi connectivity index (χ4n) is 2.24. The highest BCUT2D eigenvalue weighted by atomic mass is 35.5. The minimum Gasteiger partial charge on any atom is -0.353 e. The number of nitrogens with one attached hydrogen (secondary N) is 2. The fourth-order valence-corrected chi connectivity index (χ4v) is 2.54. The molecule has 5 nitrogen and oxygen atoms in total. The molecule has 0 aliphatic heterocycles. The van der Waals surface area contributed by atoms with Gasteiger partial charge >= 0.3 is 0 Å². The number of carbonyl (C=O) groups excluding carboxylic acids is 2. The van der Waals surface area contributed by atoms with E-state index < -0.39 is 0 Å². The molecule has 0 heterocycles. The molecule has 0 radical (unpaired) electrons. The van der Waals surface area contributed by atoms with Crippen LogP contribution in [0.3, 0.4) is 0 Å². The second kappa shape index (κ2) is 9.53. The van der Waals surface area contributed by atoms with Gasteiger partial charge in [0, 0.05) is 11.1 Å². The van der Waals surface area contributed by atoms with Gasteiger partial charge in [0.05, 0.1) is 19.1 Å². The van der Waals surface area contributed by atoms with Crippen molar-refractivity contribution in [3.8, 4) is 0 Å². The van der Waals surface area contributed by atoms with E-state index in [4.69, 9.17) is 11.6 Å². The number of halogens is 1. The zero-order chi connectivity index (χ0) is 17.4. The van der Waals surface area contributed by atoms with E-state index in [-0.39, 0.29) is 37.0 Å². The summed E-state index contributed by atoms with van der Waals surface area (Å²) in [5.41, 5.74) is 0.878. The molecule has 0 spiro atoms. The maximum Gasteiger partial charge on any atom is 0.234 e. The van der Waals surface area contributed by atoms with Crippen LogP contribution in [0.1, 0.15) is 39.3 Å². The van der Waals surface area contributed by atoms with Gasteiger partial charge < -0.3 is 10.6 Å². The molecule has 0 aliphatic carbocycles. The van der Waals surface area contributed by atoms with Crippen LogP contribution in [0.25, 0.3) is 0 Å². The SMILES string of the molecule is CCN(CC(=O)NC(C)C)CC(=O)NC(C)c1ccccc1Cl. The first-order valence-electron chi connectivity index (χ1n) is 7.89. The third-order valence-corrected chi connectivity index (χ3v) is 3.72. The molecule has 0 aromatic heterocycles. The Labute approximate surface area is 143 Å². The average molecular weight is 340 g/mol. The van der Waals surface area contributed by atoms with Gasteiger partial charge in [0.25, 0.3) is 0 Å². The fraction of sp³-hybridized carbons (Fsp3) is 0.529. The molecule has 1 aromatic rings. The highest BCUT2D eigenvalue weighted by Gasteiger charge is 2.16. The number of benzene rings is 1. The lowest BCUT2D eigenvalue weighted by Gasteiger charge is -2.22. The van der Waals surface area contributed by atoms with Gasteiger partial charge in [0.1, 0.15) is 0 Å². The number of amides is 2. The first-order valence-corrected chi connectivity index (χ1v) is 8.26. The molecule has 0 bridgehead atoms. The molecule has 1 atom stereocenters. The van der Waals surface area contributed by atoms with Gasteiger partial charge in [0.15, 0.2) is 0 Å². The van der Waals surface area contributed by atoms with E-state index in [1.807, 2.05) is 45.9 Å². The molecule has 0 saturated heterocycles. The Morgan fingerprint density at radius 2 is 1.65 bits per heavy atom. The monoisotopic (exact) mass is 339 g/mol. The van der Waals surface area contributed by atoms with Crippen molar-refractivity contribution in [1.29, 1.82) is 0 Å². The van der Waals surface area contributed by atoms with E-state index in [0.29, 0.717) is 11.6 Å². The zero-order valence-electron chi connectivity index (χ0n) is 14.2. The predicted octanol–water partition coefficient (Wildman–Crippen LogP) is 2.36. The molecule has 2 amide bonds. The summed E-state index contributed by atoms with van der Waals surface area (Å²) < 4.78 is 0. The Morgan fingerprint density at radius 3 is 2.17 bits per heavy atom. The summed E-state index contributed by atoms with van der Waals surface area (Å²) in [7, 11) is 0. The number of likely N-dealkylation sites (N-methyl/N-ethyl adjacent to an activating group) is 1. The minimum absolute atomic E-state index is 0.0752. The van der Waals surface area contributed by atoms with Crippen LogP contribution in [0.15, 0.2) is 24.3 Å². The van der Waals surface area contributed by atoms with E-state index in [9.17, 15) is 9.59 Å². The lowest BCUT2D eigenvalue weighted by atomic mass is 10.1. The number of carbonyl (C=O) groups is 2. The van der Waals surface area contributed by atoms with E-state index in [1.165, 1.54) is 0 Å². The molecule has 0 fully saturated rings. The van der Waals surface area contributed by atoms with Crippen LogP contribution in [-0.2, 0) is 9.59 Å². The number of hydrogen-bond acceptors (Lipinski definition) is 3. The summed E-state index contributed by atoms with van der Waals surface area (Å²) in [6.45, 7) is 8.64. The highest BCUT2D eigenvalue weighted by Crippen LogP contribution is 2.21. The first kappa shape index (κ1) is 19.5. The van der Waals surface area contributed by atoms with Crippen LogP contribution >= 0.6 is 11.6 Å². The molecule has 1 unspecified atom stereocenters. The molecule has 6 heteroatoms. The van der Waals surface area contributed by atoms with E-state index >= 15 is 0 Å². The van der Waals surface area contributed by atoms with E-state index in [2.05, 4.69) is 10.6 Å². The predicted molar refractivity (Wildman–Crippen MR) is 93.4 cm³/mol. The number of rotatable bonds is 8. The molecule has 23 heavy (non-hydrogen) atoms. The third-order valence-electron chi connectivity index (χ3n) is 3.38. The van der Waals surface area contributed by atoms with Crippen LogP contribution in [0, 0.1) is 0 Å². The maximum absolute atomic E-state index is 12.2. The van der Waals surface area contributed by atoms with Crippen LogP contribution in [-0.4, -0.2) is 42.4 Å². The van der Waals surface area contributed by atoms with Crippen LogP contribution in [0.5, 0.6) is 0 Å². The Kier molecular flexibility index (Phi) is 8.06. The summed E-state index contributed by atoms with van der Waals surface area (Å²) in [6.07, 6.45) is 0. The van der Waals surface area contributed by atoms with Crippen molar-refractivity contribution >= 4 is 23.4 Å². The Balaban J connectivity index is 2.53. The van der Waals surface area contributed by atoms with Crippen molar-refractivity contribution < 1.29 is 9.59 Å². The minimum atomic E-state index is -0.181. The third kappa shape index (κ3) is 7.01. The summed E-state index contributed by atoms with van der Waals surface area (Å²) in [4.78, 5) is 25.8. The van der Waals surface area contributed by atoms with Gasteiger partial charge in [0.2, 0.25) is 11.8 Å². The summed E-state index contributed by atoms with van der Waals surface area (Å²) >= 11 is 6.14. The van der Waals surface area contributed by atoms with Crippen LogP contribution in [0.2, 0.25) is 5.02 Å². The second-order valence-electron chi connectivity index (χ2n) is 5.84. The molecule has 0 saturated carbocycles. The van der Waals surface area contributed by atoms with Gasteiger partial charge in [-0.15, -0.1) is 0 Å². The van der Waals surface area contributed by atoms with Gasteiger partial charge in [-0.2, -0.15) is 0 Å². The average Bonchev–Trinajstić information content (AvgIpc) is 2.45. The first-order chi connectivity index (χ1) is 10.8. The lowest BCUT2D eigenvalue weighted by molar-refractivity contribution is -0.125. The summed E-state index contributed by atoms with van der Waals surface area (Å²) in [5.74, 6) is -0.203. The number of nitrogens with zero attached hydrogens (tertiary/aromatic N) is 1. The molecule has 0 aliphatic rings. The molecule has 128 valence electrons. The quantitative estimate of drug-likeness (QED) is 0.764. The smallest absolute Gasteiger partial charge is 0.234 e. The Morgan fingerprint density at radius 1 is 1.09 bits per heavy atom. The van der Waals surface area contributed by atoms with E-state index in [1.54, 1.807) is 11.0 Å². The Hall–Kier alpha value is -1.59. The van der Waals surface area contributed by atoms with Crippen LogP contribution in [0.4, 0.5) is 0 Å². The second-order valence-corrected chi connectivity index (χ2v) is 6.24. The van der Waals surface area contributed by atoms with Crippen molar-refractivity contribution in [1.82, 2.24) is 15.5 Å². The van der Waals surface area contributed by atoms with Crippen molar-refractivity contribution in [2.24, 2.45) is 0 Å². The summed E-state index contributed by atoms with van der Waals surface area (Å²) in [5, 5.41) is 6.37. The lowest BCUT2D eigenvalue weighted by Crippen LogP contribution is -2.44. The van der Waals surface area contributed by atoms with Gasteiger partial charge in [-0.1, -0.05) is 36.7 Å². The van der Waals surface area contributed by atoms with Crippen LogP contribution < -0.4 is 10.6 Å². The molecular weight excluding hydrogens is 314 g/mol. The molecule has 1 rings (SSSR count). The van der Waals surface area contributed by atoms with Crippen molar-refractivity contribution in [3.63, 3.8) is 0 Å². The zero-order valence-corrected chi connectivity index (χ0v) is 15.0. The number of hydrogen-bond donors (Lipinski definition) is 2. The van der Waals surface area contributed by atoms with Crippen molar-refractivity contribution in [2.75, 3.05) is 19.6 Å². The van der Waals surface area contributed by atoms with Gasteiger partial charge in [-0.25, -0.2) is 0 Å². The topological polar surface area (TPSA) is 61.4 Å². The maximum atomic E-state index is 12.2. The molecular formula is C17H26ClN3O2. The van der Waals surface area contributed by atoms with E-state index in [0.717, 1.165) is 5.56 Å². The van der Waals surface area contributed by atoms with Gasteiger partial charge in [-0.3, -0.25) is 14.5 Å². The summed E-state index contributed by atoms with van der Waals surface area (Å²) in [6, 6.07) is 7.34. The molecule has 1 aromatic carbocycles. The van der Waals surface area contributed by atoms with Crippen molar-refractivity contribution in [2.45, 2.75) is 39.8 Å².